The first-order valence-electron chi connectivity index (χ1n) is 6.93. The van der Waals surface area contributed by atoms with Crippen molar-refractivity contribution in [2.75, 3.05) is 6.54 Å². The molecule has 0 radical (unpaired) electrons. The van der Waals surface area contributed by atoms with E-state index in [0.717, 1.165) is 11.4 Å². The minimum absolute atomic E-state index is 0.159. The van der Waals surface area contributed by atoms with E-state index in [9.17, 15) is 8.42 Å². The van der Waals surface area contributed by atoms with Crippen LogP contribution in [0, 0.1) is 0 Å². The molecule has 0 saturated carbocycles. The van der Waals surface area contributed by atoms with Gasteiger partial charge >= 0.3 is 0 Å². The molecule has 2 rings (SSSR count). The van der Waals surface area contributed by atoms with Crippen LogP contribution in [-0.2, 0) is 16.4 Å². The molecule has 1 aromatic heterocycles. The highest BCUT2D eigenvalue weighted by Crippen LogP contribution is 2.23. The maximum absolute atomic E-state index is 12.4. The SMILES string of the molecule is CC(C)c1ccccc1S(=O)(=O)NCCCc1ncn[nH]1. The molecular formula is C14H20N4O2S. The molecule has 114 valence electrons. The summed E-state index contributed by atoms with van der Waals surface area (Å²) in [6, 6.07) is 7.11. The van der Waals surface area contributed by atoms with Crippen molar-refractivity contribution in [1.82, 2.24) is 19.9 Å². The van der Waals surface area contributed by atoms with Gasteiger partial charge in [-0.3, -0.25) is 5.10 Å². The van der Waals surface area contributed by atoms with Gasteiger partial charge in [0.1, 0.15) is 12.2 Å². The van der Waals surface area contributed by atoms with Crippen LogP contribution in [-0.4, -0.2) is 30.1 Å². The van der Waals surface area contributed by atoms with Crippen LogP contribution in [0.4, 0.5) is 0 Å². The fourth-order valence-corrected chi connectivity index (χ4v) is 3.53. The number of aromatic amines is 1. The molecular weight excluding hydrogens is 288 g/mol. The number of rotatable bonds is 7. The molecule has 0 spiro atoms. The van der Waals surface area contributed by atoms with Gasteiger partial charge in [0.2, 0.25) is 10.0 Å². The van der Waals surface area contributed by atoms with Crippen LogP contribution in [0.2, 0.25) is 0 Å². The van der Waals surface area contributed by atoms with Gasteiger partial charge in [0, 0.05) is 13.0 Å². The number of H-pyrrole nitrogens is 1. The van der Waals surface area contributed by atoms with Crippen molar-refractivity contribution in [3.63, 3.8) is 0 Å². The van der Waals surface area contributed by atoms with Gasteiger partial charge in [-0.15, -0.1) is 0 Å². The average molecular weight is 308 g/mol. The first kappa shape index (κ1) is 15.7. The first-order chi connectivity index (χ1) is 10.0. The predicted molar refractivity (Wildman–Crippen MR) is 80.4 cm³/mol. The summed E-state index contributed by atoms with van der Waals surface area (Å²) in [7, 11) is -3.47. The van der Waals surface area contributed by atoms with Gasteiger partial charge < -0.3 is 0 Å². The predicted octanol–water partition coefficient (Wildman–Crippen LogP) is 1.84. The molecule has 0 unspecified atom stereocenters. The summed E-state index contributed by atoms with van der Waals surface area (Å²) < 4.78 is 27.4. The number of aryl methyl sites for hydroxylation is 1. The molecule has 0 aliphatic rings. The van der Waals surface area contributed by atoms with Crippen molar-refractivity contribution in [1.29, 1.82) is 0 Å². The van der Waals surface area contributed by atoms with Crippen LogP contribution in [0.25, 0.3) is 0 Å². The Kier molecular flexibility index (Phi) is 5.08. The molecule has 6 nitrogen and oxygen atoms in total. The number of hydrogen-bond donors (Lipinski definition) is 2. The molecule has 0 fully saturated rings. The molecule has 1 aromatic carbocycles. The van der Waals surface area contributed by atoms with Gasteiger partial charge in [-0.25, -0.2) is 18.1 Å². The minimum Gasteiger partial charge on any atom is -0.263 e. The molecule has 1 heterocycles. The van der Waals surface area contributed by atoms with Crippen LogP contribution in [0.1, 0.15) is 37.6 Å². The van der Waals surface area contributed by atoms with E-state index in [1.165, 1.54) is 6.33 Å². The van der Waals surface area contributed by atoms with Crippen LogP contribution >= 0.6 is 0 Å². The van der Waals surface area contributed by atoms with Gasteiger partial charge in [0.05, 0.1) is 4.90 Å². The zero-order chi connectivity index (χ0) is 15.3. The summed E-state index contributed by atoms with van der Waals surface area (Å²) in [5.74, 6) is 0.920. The second kappa shape index (κ2) is 6.82. The van der Waals surface area contributed by atoms with Crippen LogP contribution in [0.5, 0.6) is 0 Å². The zero-order valence-corrected chi connectivity index (χ0v) is 13.0. The summed E-state index contributed by atoms with van der Waals surface area (Å²) in [6.07, 6.45) is 2.77. The van der Waals surface area contributed by atoms with Crippen LogP contribution in [0.15, 0.2) is 35.5 Å². The van der Waals surface area contributed by atoms with Gasteiger partial charge in [0.25, 0.3) is 0 Å². The second-order valence-corrected chi connectivity index (χ2v) is 6.86. The third-order valence-corrected chi connectivity index (χ3v) is 4.71. The Balaban J connectivity index is 1.98. The summed E-state index contributed by atoms with van der Waals surface area (Å²) in [4.78, 5) is 4.36. The molecule has 0 aliphatic heterocycles. The van der Waals surface area contributed by atoms with E-state index in [4.69, 9.17) is 0 Å². The Morgan fingerprint density at radius 3 is 2.71 bits per heavy atom. The molecule has 0 saturated heterocycles. The molecule has 2 N–H and O–H groups in total. The molecule has 0 bridgehead atoms. The number of benzene rings is 1. The number of nitrogens with zero attached hydrogens (tertiary/aromatic N) is 2. The Morgan fingerprint density at radius 1 is 1.29 bits per heavy atom. The lowest BCUT2D eigenvalue weighted by molar-refractivity contribution is 0.576. The fourth-order valence-electron chi connectivity index (χ4n) is 2.09. The fraction of sp³-hybridized carbons (Fsp3) is 0.429. The Hall–Kier alpha value is -1.73. The van der Waals surface area contributed by atoms with Crippen molar-refractivity contribution >= 4 is 10.0 Å². The highest BCUT2D eigenvalue weighted by molar-refractivity contribution is 7.89. The van der Waals surface area contributed by atoms with Gasteiger partial charge in [-0.2, -0.15) is 5.10 Å². The molecule has 21 heavy (non-hydrogen) atoms. The smallest absolute Gasteiger partial charge is 0.240 e. The summed E-state index contributed by atoms with van der Waals surface area (Å²) in [5, 5.41) is 6.51. The minimum atomic E-state index is -3.47. The summed E-state index contributed by atoms with van der Waals surface area (Å²) >= 11 is 0. The zero-order valence-electron chi connectivity index (χ0n) is 12.2. The third-order valence-electron chi connectivity index (χ3n) is 3.18. The van der Waals surface area contributed by atoms with Crippen molar-refractivity contribution < 1.29 is 8.42 Å². The van der Waals surface area contributed by atoms with E-state index in [1.807, 2.05) is 26.0 Å². The number of nitrogens with one attached hydrogen (secondary N) is 2. The standard InChI is InChI=1S/C14H20N4O2S/c1-11(2)12-6-3-4-7-13(12)21(19,20)17-9-5-8-14-15-10-16-18-14/h3-4,6-7,10-11,17H,5,8-9H2,1-2H3,(H,15,16,18). The molecule has 0 atom stereocenters. The quantitative estimate of drug-likeness (QED) is 0.764. The highest BCUT2D eigenvalue weighted by atomic mass is 32.2. The molecule has 0 aliphatic carbocycles. The van der Waals surface area contributed by atoms with E-state index in [0.29, 0.717) is 24.3 Å². The maximum atomic E-state index is 12.4. The number of sulfonamides is 1. The van der Waals surface area contributed by atoms with E-state index in [2.05, 4.69) is 19.9 Å². The number of aromatic nitrogens is 3. The number of hydrogen-bond acceptors (Lipinski definition) is 4. The largest absolute Gasteiger partial charge is 0.263 e. The maximum Gasteiger partial charge on any atom is 0.240 e. The van der Waals surface area contributed by atoms with E-state index in [1.54, 1.807) is 12.1 Å². The van der Waals surface area contributed by atoms with Crippen molar-refractivity contribution in [3.05, 3.63) is 42.0 Å². The van der Waals surface area contributed by atoms with Crippen LogP contribution < -0.4 is 4.72 Å². The lowest BCUT2D eigenvalue weighted by Crippen LogP contribution is -2.26. The average Bonchev–Trinajstić information content (AvgIpc) is 2.97. The molecule has 7 heteroatoms. The lowest BCUT2D eigenvalue weighted by atomic mass is 10.0. The van der Waals surface area contributed by atoms with Gasteiger partial charge in [-0.05, 0) is 24.0 Å². The highest BCUT2D eigenvalue weighted by Gasteiger charge is 2.18. The van der Waals surface area contributed by atoms with Crippen molar-refractivity contribution in [3.8, 4) is 0 Å². The summed E-state index contributed by atoms with van der Waals surface area (Å²) in [5.41, 5.74) is 0.834. The molecule has 2 aromatic rings. The van der Waals surface area contributed by atoms with Crippen LogP contribution in [0.3, 0.4) is 0 Å². The van der Waals surface area contributed by atoms with Crippen molar-refractivity contribution in [2.24, 2.45) is 0 Å². The Morgan fingerprint density at radius 2 is 2.05 bits per heavy atom. The first-order valence-corrected chi connectivity index (χ1v) is 8.42. The Bertz CT molecular complexity index is 666. The topological polar surface area (TPSA) is 87.7 Å². The molecule has 0 amide bonds. The third kappa shape index (κ3) is 4.12. The van der Waals surface area contributed by atoms with E-state index >= 15 is 0 Å². The van der Waals surface area contributed by atoms with Gasteiger partial charge in [-0.1, -0.05) is 32.0 Å². The second-order valence-electron chi connectivity index (χ2n) is 5.13. The van der Waals surface area contributed by atoms with E-state index in [-0.39, 0.29) is 5.92 Å². The Labute approximate surface area is 125 Å². The lowest BCUT2D eigenvalue weighted by Gasteiger charge is -2.13. The monoisotopic (exact) mass is 308 g/mol. The summed E-state index contributed by atoms with van der Waals surface area (Å²) in [6.45, 7) is 4.34. The normalized spacial score (nSPS) is 12.0. The van der Waals surface area contributed by atoms with E-state index < -0.39 is 10.0 Å². The van der Waals surface area contributed by atoms with Crippen molar-refractivity contribution in [2.45, 2.75) is 37.5 Å². The van der Waals surface area contributed by atoms with Gasteiger partial charge in [0.15, 0.2) is 0 Å².